The van der Waals surface area contributed by atoms with E-state index < -0.39 is 11.6 Å². The molecule has 1 rings (SSSR count). The summed E-state index contributed by atoms with van der Waals surface area (Å²) < 4.78 is 22.9. The van der Waals surface area contributed by atoms with Gasteiger partial charge in [0, 0.05) is 17.7 Å². The highest BCUT2D eigenvalue weighted by Gasteiger charge is 2.15. The lowest BCUT2D eigenvalue weighted by molar-refractivity contribution is -0.148. The van der Waals surface area contributed by atoms with Crippen LogP contribution in [0, 0.1) is 0 Å². The average Bonchev–Trinajstić information content (AvgIpc) is 2.60. The molecule has 0 spiro atoms. The Morgan fingerprint density at radius 3 is 1.81 bits per heavy atom. The molecular formula is C22H34O5. The Morgan fingerprint density at radius 1 is 0.852 bits per heavy atom. The summed E-state index contributed by atoms with van der Waals surface area (Å²) in [6.45, 7) is 13.4. The van der Waals surface area contributed by atoms with Gasteiger partial charge in [0.05, 0.1) is 19.8 Å². The van der Waals surface area contributed by atoms with Gasteiger partial charge in [-0.3, -0.25) is 0 Å². The molecule has 0 fully saturated rings. The van der Waals surface area contributed by atoms with E-state index >= 15 is 0 Å². The minimum absolute atomic E-state index is 0.397. The molecule has 0 aliphatic carbocycles. The van der Waals surface area contributed by atoms with Crippen LogP contribution in [-0.4, -0.2) is 31.4 Å². The first-order valence-corrected chi connectivity index (χ1v) is 9.78. The Kier molecular flexibility index (Phi) is 9.76. The molecule has 0 N–H and O–H groups in total. The van der Waals surface area contributed by atoms with Crippen LogP contribution in [0.15, 0.2) is 18.2 Å². The monoisotopic (exact) mass is 378 g/mol. The van der Waals surface area contributed by atoms with Crippen molar-refractivity contribution in [2.24, 2.45) is 0 Å². The molecule has 0 amide bonds. The minimum Gasteiger partial charge on any atom is -0.493 e. The minimum atomic E-state index is -0.532. The van der Waals surface area contributed by atoms with E-state index in [4.69, 9.17) is 18.9 Å². The number of carbonyl (C=O) groups is 1. The van der Waals surface area contributed by atoms with Crippen molar-refractivity contribution in [3.8, 4) is 17.2 Å². The summed E-state index contributed by atoms with van der Waals surface area (Å²) in [6, 6.07) is 3.69. The van der Waals surface area contributed by atoms with Crippen molar-refractivity contribution >= 4 is 12.0 Å². The third-order valence-corrected chi connectivity index (χ3v) is 3.27. The first kappa shape index (κ1) is 22.9. The third-order valence-electron chi connectivity index (χ3n) is 3.27. The van der Waals surface area contributed by atoms with Crippen molar-refractivity contribution in [2.45, 2.75) is 66.4 Å². The predicted octanol–water partition coefficient (Wildman–Crippen LogP) is 5.41. The summed E-state index contributed by atoms with van der Waals surface area (Å²) in [4.78, 5) is 12.0. The van der Waals surface area contributed by atoms with E-state index in [1.54, 1.807) is 6.08 Å². The molecule has 27 heavy (non-hydrogen) atoms. The molecule has 152 valence electrons. The molecule has 0 saturated carbocycles. The molecule has 0 heterocycles. The SMILES string of the molecule is CCCOc1cc(OCCC)c(OCCC)cc1C=CC(=O)OC(C)(C)C. The van der Waals surface area contributed by atoms with Gasteiger partial charge in [-0.1, -0.05) is 20.8 Å². The lowest BCUT2D eigenvalue weighted by Crippen LogP contribution is -2.22. The van der Waals surface area contributed by atoms with E-state index in [0.717, 1.165) is 24.8 Å². The van der Waals surface area contributed by atoms with Gasteiger partial charge >= 0.3 is 5.97 Å². The quantitative estimate of drug-likeness (QED) is 0.381. The summed E-state index contributed by atoms with van der Waals surface area (Å²) in [7, 11) is 0. The molecule has 1 aromatic carbocycles. The number of rotatable bonds is 11. The second-order valence-electron chi connectivity index (χ2n) is 7.25. The van der Waals surface area contributed by atoms with Crippen LogP contribution in [0.1, 0.15) is 66.4 Å². The van der Waals surface area contributed by atoms with Gasteiger partial charge in [0.25, 0.3) is 0 Å². The second kappa shape index (κ2) is 11.5. The van der Waals surface area contributed by atoms with Crippen LogP contribution in [0.2, 0.25) is 0 Å². The largest absolute Gasteiger partial charge is 0.493 e. The van der Waals surface area contributed by atoms with Gasteiger partial charge in [-0.2, -0.15) is 0 Å². The topological polar surface area (TPSA) is 54.0 Å². The van der Waals surface area contributed by atoms with E-state index in [0.29, 0.717) is 37.1 Å². The molecule has 0 unspecified atom stereocenters. The van der Waals surface area contributed by atoms with Crippen molar-refractivity contribution in [2.75, 3.05) is 19.8 Å². The molecule has 0 radical (unpaired) electrons. The van der Waals surface area contributed by atoms with Crippen LogP contribution >= 0.6 is 0 Å². The van der Waals surface area contributed by atoms with Crippen molar-refractivity contribution in [3.05, 3.63) is 23.8 Å². The maximum atomic E-state index is 12.0. The van der Waals surface area contributed by atoms with Gasteiger partial charge in [0.15, 0.2) is 11.5 Å². The Morgan fingerprint density at radius 2 is 1.33 bits per heavy atom. The number of ether oxygens (including phenoxy) is 4. The predicted molar refractivity (Wildman–Crippen MR) is 109 cm³/mol. The van der Waals surface area contributed by atoms with Crippen molar-refractivity contribution in [3.63, 3.8) is 0 Å². The molecular weight excluding hydrogens is 344 g/mol. The van der Waals surface area contributed by atoms with Gasteiger partial charge in [-0.05, 0) is 52.2 Å². The number of hydrogen-bond donors (Lipinski definition) is 0. The lowest BCUT2D eigenvalue weighted by atomic mass is 10.1. The highest BCUT2D eigenvalue weighted by molar-refractivity contribution is 5.88. The third kappa shape index (κ3) is 8.85. The average molecular weight is 379 g/mol. The van der Waals surface area contributed by atoms with Crippen molar-refractivity contribution < 1.29 is 23.7 Å². The van der Waals surface area contributed by atoms with E-state index in [1.165, 1.54) is 6.08 Å². The molecule has 5 heteroatoms. The first-order valence-electron chi connectivity index (χ1n) is 9.78. The van der Waals surface area contributed by atoms with Gasteiger partial charge in [-0.25, -0.2) is 4.79 Å². The number of benzene rings is 1. The van der Waals surface area contributed by atoms with Crippen LogP contribution in [0.4, 0.5) is 0 Å². The molecule has 0 aromatic heterocycles. The molecule has 5 nitrogen and oxygen atoms in total. The Hall–Kier alpha value is -2.17. The van der Waals surface area contributed by atoms with Gasteiger partial charge in [0.2, 0.25) is 0 Å². The van der Waals surface area contributed by atoms with E-state index in [2.05, 4.69) is 13.8 Å². The van der Waals surface area contributed by atoms with Crippen LogP contribution in [0.3, 0.4) is 0 Å². The molecule has 0 aliphatic rings. The second-order valence-corrected chi connectivity index (χ2v) is 7.25. The zero-order valence-electron chi connectivity index (χ0n) is 17.6. The Balaban J connectivity index is 3.17. The fourth-order valence-electron chi connectivity index (χ4n) is 2.17. The van der Waals surface area contributed by atoms with Gasteiger partial charge in [0.1, 0.15) is 11.4 Å². The zero-order chi connectivity index (χ0) is 20.3. The van der Waals surface area contributed by atoms with Crippen molar-refractivity contribution in [1.82, 2.24) is 0 Å². The van der Waals surface area contributed by atoms with E-state index in [-0.39, 0.29) is 0 Å². The summed E-state index contributed by atoms with van der Waals surface area (Å²) in [6.07, 6.45) is 5.79. The van der Waals surface area contributed by atoms with E-state index in [9.17, 15) is 4.79 Å². The zero-order valence-corrected chi connectivity index (χ0v) is 17.6. The fraction of sp³-hybridized carbons (Fsp3) is 0.591. The van der Waals surface area contributed by atoms with Crippen LogP contribution < -0.4 is 14.2 Å². The van der Waals surface area contributed by atoms with Gasteiger partial charge in [-0.15, -0.1) is 0 Å². The smallest absolute Gasteiger partial charge is 0.331 e. The highest BCUT2D eigenvalue weighted by Crippen LogP contribution is 2.36. The standard InChI is InChI=1S/C22H34O5/c1-7-12-24-18-16-20(26-14-9-3)19(25-13-8-2)15-17(18)10-11-21(23)27-22(4,5)6/h10-11,15-16H,7-9,12-14H2,1-6H3. The number of hydrogen-bond acceptors (Lipinski definition) is 5. The summed E-state index contributed by atoms with van der Waals surface area (Å²) in [5.41, 5.74) is 0.222. The van der Waals surface area contributed by atoms with Gasteiger partial charge < -0.3 is 18.9 Å². The molecule has 0 atom stereocenters. The summed E-state index contributed by atoms with van der Waals surface area (Å²) in [5.74, 6) is 1.57. The number of carbonyl (C=O) groups excluding carboxylic acids is 1. The maximum Gasteiger partial charge on any atom is 0.331 e. The van der Waals surface area contributed by atoms with E-state index in [1.807, 2.05) is 39.8 Å². The lowest BCUT2D eigenvalue weighted by Gasteiger charge is -2.18. The Bertz CT molecular complexity index is 614. The summed E-state index contributed by atoms with van der Waals surface area (Å²) in [5, 5.41) is 0. The first-order chi connectivity index (χ1) is 12.8. The molecule has 0 aliphatic heterocycles. The van der Waals surface area contributed by atoms with Crippen LogP contribution in [0.5, 0.6) is 17.2 Å². The fourth-order valence-corrected chi connectivity index (χ4v) is 2.17. The highest BCUT2D eigenvalue weighted by atomic mass is 16.6. The molecule has 0 saturated heterocycles. The number of esters is 1. The normalized spacial score (nSPS) is 11.5. The summed E-state index contributed by atoms with van der Waals surface area (Å²) >= 11 is 0. The maximum absolute atomic E-state index is 12.0. The molecule has 0 bridgehead atoms. The van der Waals surface area contributed by atoms with Crippen molar-refractivity contribution in [1.29, 1.82) is 0 Å². The molecule has 1 aromatic rings. The van der Waals surface area contributed by atoms with Crippen LogP contribution in [-0.2, 0) is 9.53 Å². The Labute approximate surface area is 163 Å². The van der Waals surface area contributed by atoms with Crippen LogP contribution in [0.25, 0.3) is 6.08 Å².